The lowest BCUT2D eigenvalue weighted by molar-refractivity contribution is -0.141. The summed E-state index contributed by atoms with van der Waals surface area (Å²) >= 11 is 0. The molecule has 3 atom stereocenters. The first-order valence-electron chi connectivity index (χ1n) is 11.4. The third-order valence-electron chi connectivity index (χ3n) is 6.60. The third-order valence-corrected chi connectivity index (χ3v) is 6.60. The van der Waals surface area contributed by atoms with Crippen LogP contribution in [0, 0.1) is 18.7 Å². The van der Waals surface area contributed by atoms with Gasteiger partial charge in [0.2, 0.25) is 0 Å². The predicted octanol–water partition coefficient (Wildman–Crippen LogP) is 5.72. The Hall–Kier alpha value is -3.12. The average Bonchev–Trinajstić information content (AvgIpc) is 3.42. The summed E-state index contributed by atoms with van der Waals surface area (Å²) in [4.78, 5) is 11.7. The van der Waals surface area contributed by atoms with E-state index in [1.807, 2.05) is 37.3 Å². The molecule has 2 aromatic carbocycles. The van der Waals surface area contributed by atoms with Crippen molar-refractivity contribution >= 4 is 5.97 Å². The first-order valence-corrected chi connectivity index (χ1v) is 11.4. The Morgan fingerprint density at radius 1 is 1.18 bits per heavy atom. The molecule has 2 aliphatic carbocycles. The molecule has 5 nitrogen and oxygen atoms in total. The van der Waals surface area contributed by atoms with Crippen LogP contribution in [-0.4, -0.2) is 25.8 Å². The monoisotopic (exact) mass is 450 g/mol. The molecule has 1 heterocycles. The number of carbonyl (C=O) groups is 1. The summed E-state index contributed by atoms with van der Waals surface area (Å²) in [6.07, 6.45) is 5.83. The number of allylic oxidation sites excluding steroid dienone is 1. The quantitative estimate of drug-likeness (QED) is 0.527. The molecule has 1 aliphatic heterocycles. The molecule has 0 saturated carbocycles. The molecule has 6 heteroatoms. The summed E-state index contributed by atoms with van der Waals surface area (Å²) in [6, 6.07) is 11.0. The molecule has 1 fully saturated rings. The minimum absolute atomic E-state index is 0.00968. The van der Waals surface area contributed by atoms with Crippen LogP contribution in [0.3, 0.4) is 0 Å². The molecule has 3 aliphatic rings. The number of halogens is 1. The number of fused-ring (bicyclic) bond motifs is 2. The lowest BCUT2D eigenvalue weighted by Gasteiger charge is -2.23. The summed E-state index contributed by atoms with van der Waals surface area (Å²) < 4.78 is 38.0. The van der Waals surface area contributed by atoms with Gasteiger partial charge in [0.05, 0.1) is 32.3 Å². The number of aryl methyl sites for hydroxylation is 1. The van der Waals surface area contributed by atoms with Crippen molar-refractivity contribution in [1.29, 1.82) is 0 Å². The number of methoxy groups -OCH3 is 1. The lowest BCUT2D eigenvalue weighted by Crippen LogP contribution is -2.18. The molecule has 0 N–H and O–H groups in total. The maximum Gasteiger partial charge on any atom is 0.306 e. The van der Waals surface area contributed by atoms with E-state index in [4.69, 9.17) is 18.9 Å². The van der Waals surface area contributed by atoms with Crippen molar-refractivity contribution in [2.75, 3.05) is 13.7 Å². The highest BCUT2D eigenvalue weighted by Gasteiger charge is 2.35. The number of ether oxygens (including phenoxy) is 4. The minimum Gasteiger partial charge on any atom is -0.493 e. The molecular formula is C27H27FO5. The van der Waals surface area contributed by atoms with Gasteiger partial charge < -0.3 is 18.9 Å². The van der Waals surface area contributed by atoms with E-state index in [2.05, 4.69) is 6.08 Å². The van der Waals surface area contributed by atoms with E-state index in [0.717, 1.165) is 28.2 Å². The maximum absolute atomic E-state index is 14.9. The highest BCUT2D eigenvalue weighted by atomic mass is 19.1. The highest BCUT2D eigenvalue weighted by molar-refractivity contribution is 5.70. The van der Waals surface area contributed by atoms with Crippen molar-refractivity contribution < 1.29 is 28.1 Å². The Labute approximate surface area is 192 Å². The number of hydrogen-bond acceptors (Lipinski definition) is 5. The predicted molar refractivity (Wildman–Crippen MR) is 120 cm³/mol. The Morgan fingerprint density at radius 3 is 2.85 bits per heavy atom. The van der Waals surface area contributed by atoms with Gasteiger partial charge in [-0.25, -0.2) is 4.39 Å². The second kappa shape index (κ2) is 9.02. The fraction of sp³-hybridized carbons (Fsp3) is 0.370. The van der Waals surface area contributed by atoms with Gasteiger partial charge in [-0.15, -0.1) is 0 Å². The fourth-order valence-electron chi connectivity index (χ4n) is 4.88. The van der Waals surface area contributed by atoms with E-state index >= 15 is 0 Å². The summed E-state index contributed by atoms with van der Waals surface area (Å²) in [5.41, 5.74) is 3.52. The van der Waals surface area contributed by atoms with Gasteiger partial charge in [0, 0.05) is 17.0 Å². The van der Waals surface area contributed by atoms with Crippen molar-refractivity contribution in [1.82, 2.24) is 0 Å². The molecule has 33 heavy (non-hydrogen) atoms. The number of carbonyl (C=O) groups excluding carboxylic acids is 1. The lowest BCUT2D eigenvalue weighted by atomic mass is 9.92. The van der Waals surface area contributed by atoms with E-state index < -0.39 is 0 Å². The van der Waals surface area contributed by atoms with E-state index in [9.17, 15) is 9.18 Å². The largest absolute Gasteiger partial charge is 0.493 e. The van der Waals surface area contributed by atoms with Crippen LogP contribution in [0.25, 0.3) is 0 Å². The standard InChI is InChI=1S/C27H27FO5/c1-16-5-3-4-6-22(16)33-23-12-10-21(28)27-20(23)9-11-24(27)32-18-7-8-19-17(13-26(29)30-2)15-31-25(19)14-18/h3-6,8,10,12,14,17-18,24H,7,9,11,13,15H2,1-2H3/t17?,18?,24-/m1/s1. The van der Waals surface area contributed by atoms with Gasteiger partial charge in [0.25, 0.3) is 0 Å². The molecule has 2 aromatic rings. The zero-order chi connectivity index (χ0) is 22.9. The fourth-order valence-corrected chi connectivity index (χ4v) is 4.88. The number of esters is 1. The summed E-state index contributed by atoms with van der Waals surface area (Å²) in [6.45, 7) is 2.45. The van der Waals surface area contributed by atoms with Crippen LogP contribution in [0.2, 0.25) is 0 Å². The molecule has 0 spiro atoms. The van der Waals surface area contributed by atoms with Crippen molar-refractivity contribution in [3.05, 3.63) is 82.4 Å². The van der Waals surface area contributed by atoms with Crippen LogP contribution in [0.15, 0.2) is 59.9 Å². The van der Waals surface area contributed by atoms with Gasteiger partial charge in [0.1, 0.15) is 23.1 Å². The normalized spacial score (nSPS) is 23.2. The first-order chi connectivity index (χ1) is 16.0. The molecule has 0 aromatic heterocycles. The smallest absolute Gasteiger partial charge is 0.306 e. The molecule has 1 saturated heterocycles. The van der Waals surface area contributed by atoms with Crippen LogP contribution < -0.4 is 4.74 Å². The van der Waals surface area contributed by atoms with Crippen LogP contribution in [0.5, 0.6) is 11.5 Å². The molecule has 5 rings (SSSR count). The van der Waals surface area contributed by atoms with Gasteiger partial charge >= 0.3 is 5.97 Å². The van der Waals surface area contributed by atoms with Gasteiger partial charge in [0.15, 0.2) is 0 Å². The Morgan fingerprint density at radius 2 is 2.03 bits per heavy atom. The van der Waals surface area contributed by atoms with Crippen molar-refractivity contribution in [2.45, 2.75) is 44.8 Å². The van der Waals surface area contributed by atoms with Crippen LogP contribution in [0.4, 0.5) is 4.39 Å². The number of hydrogen-bond donors (Lipinski definition) is 0. The van der Waals surface area contributed by atoms with Crippen molar-refractivity contribution in [3.8, 4) is 11.5 Å². The minimum atomic E-state index is -0.343. The third kappa shape index (κ3) is 4.27. The molecular weight excluding hydrogens is 423 g/mol. The van der Waals surface area contributed by atoms with Crippen molar-refractivity contribution in [2.24, 2.45) is 5.92 Å². The van der Waals surface area contributed by atoms with E-state index in [0.29, 0.717) is 43.6 Å². The second-order valence-corrected chi connectivity index (χ2v) is 8.72. The van der Waals surface area contributed by atoms with E-state index in [1.54, 1.807) is 6.07 Å². The Balaban J connectivity index is 1.31. The van der Waals surface area contributed by atoms with Crippen LogP contribution in [0.1, 0.15) is 42.1 Å². The van der Waals surface area contributed by atoms with Crippen LogP contribution >= 0.6 is 0 Å². The average molecular weight is 451 g/mol. The SMILES string of the molecule is COC(=O)CC1COC2=CC(O[C@@H]3CCc4c(Oc5ccccc5C)ccc(F)c43)CC=C21. The van der Waals surface area contributed by atoms with E-state index in [1.165, 1.54) is 13.2 Å². The number of benzene rings is 2. The zero-order valence-corrected chi connectivity index (χ0v) is 18.8. The topological polar surface area (TPSA) is 54.0 Å². The summed E-state index contributed by atoms with van der Waals surface area (Å²) in [7, 11) is 1.39. The summed E-state index contributed by atoms with van der Waals surface area (Å²) in [5, 5.41) is 0. The van der Waals surface area contributed by atoms with Crippen LogP contribution in [-0.2, 0) is 25.4 Å². The highest BCUT2D eigenvalue weighted by Crippen LogP contribution is 2.44. The number of rotatable bonds is 6. The van der Waals surface area contributed by atoms with Gasteiger partial charge in [-0.3, -0.25) is 4.79 Å². The molecule has 0 amide bonds. The van der Waals surface area contributed by atoms with Gasteiger partial charge in [-0.05, 0) is 61.6 Å². The Bertz CT molecular complexity index is 1140. The summed E-state index contributed by atoms with van der Waals surface area (Å²) in [5.74, 6) is 1.71. The molecule has 0 bridgehead atoms. The number of para-hydroxylation sites is 1. The molecule has 0 radical (unpaired) electrons. The van der Waals surface area contributed by atoms with Crippen molar-refractivity contribution in [3.63, 3.8) is 0 Å². The van der Waals surface area contributed by atoms with E-state index in [-0.39, 0.29) is 29.9 Å². The molecule has 172 valence electrons. The van der Waals surface area contributed by atoms with Gasteiger partial charge in [-0.2, -0.15) is 0 Å². The Kier molecular flexibility index (Phi) is 5.94. The second-order valence-electron chi connectivity index (χ2n) is 8.72. The first kappa shape index (κ1) is 21.7. The molecule has 2 unspecified atom stereocenters. The van der Waals surface area contributed by atoms with Gasteiger partial charge in [-0.1, -0.05) is 24.3 Å². The zero-order valence-electron chi connectivity index (χ0n) is 18.8. The maximum atomic E-state index is 14.9.